The highest BCUT2D eigenvalue weighted by Crippen LogP contribution is 2.22. The molecule has 0 bridgehead atoms. The van der Waals surface area contributed by atoms with Gasteiger partial charge in [0.25, 0.3) is 5.91 Å². The molecule has 7 heteroatoms. The van der Waals surface area contributed by atoms with Gasteiger partial charge >= 0.3 is 0 Å². The Morgan fingerprint density at radius 3 is 2.22 bits per heavy atom. The molecule has 0 atom stereocenters. The lowest BCUT2D eigenvalue weighted by atomic mass is 9.99. The fraction of sp³-hybridized carbons (Fsp3) is 0.400. The largest absolute Gasteiger partial charge is 0.356 e. The zero-order valence-electron chi connectivity index (χ0n) is 16.0. The molecule has 2 amide bonds. The number of rotatable bonds is 4. The van der Waals surface area contributed by atoms with Gasteiger partial charge in [0.05, 0.1) is 0 Å². The van der Waals surface area contributed by atoms with Crippen LogP contribution in [0.3, 0.4) is 0 Å². The van der Waals surface area contributed by atoms with E-state index in [4.69, 9.17) is 0 Å². The van der Waals surface area contributed by atoms with Crippen molar-refractivity contribution in [2.45, 2.75) is 33.6 Å². The van der Waals surface area contributed by atoms with Gasteiger partial charge in [-0.05, 0) is 49.9 Å². The Hall–Kier alpha value is -2.96. The van der Waals surface area contributed by atoms with Gasteiger partial charge in [-0.15, -0.1) is 0 Å². The summed E-state index contributed by atoms with van der Waals surface area (Å²) in [4.78, 5) is 34.7. The maximum absolute atomic E-state index is 12.6. The van der Waals surface area contributed by atoms with Gasteiger partial charge in [0.2, 0.25) is 5.91 Å². The Morgan fingerprint density at radius 1 is 1.04 bits per heavy atom. The van der Waals surface area contributed by atoms with E-state index in [0.29, 0.717) is 22.9 Å². The lowest BCUT2D eigenvalue weighted by Crippen LogP contribution is -2.34. The Morgan fingerprint density at radius 2 is 1.63 bits per heavy atom. The number of aromatic nitrogens is 2. The molecule has 7 nitrogen and oxygen atoms in total. The number of anilines is 3. The molecular weight excluding hydrogens is 342 g/mol. The van der Waals surface area contributed by atoms with Gasteiger partial charge in [-0.2, -0.15) is 0 Å². The molecule has 1 fully saturated rings. The summed E-state index contributed by atoms with van der Waals surface area (Å²) in [6.07, 6.45) is 2.26. The molecule has 1 aliphatic heterocycles. The summed E-state index contributed by atoms with van der Waals surface area (Å²) in [6, 6.07) is 8.71. The third kappa shape index (κ3) is 5.03. The third-order valence-corrected chi connectivity index (χ3v) is 4.63. The first kappa shape index (κ1) is 18.8. The molecule has 1 saturated heterocycles. The van der Waals surface area contributed by atoms with E-state index < -0.39 is 0 Å². The summed E-state index contributed by atoms with van der Waals surface area (Å²) >= 11 is 0. The molecule has 27 heavy (non-hydrogen) atoms. The average Bonchev–Trinajstić information content (AvgIpc) is 2.63. The second-order valence-corrected chi connectivity index (χ2v) is 7.04. The normalized spacial score (nSPS) is 14.7. The summed E-state index contributed by atoms with van der Waals surface area (Å²) < 4.78 is 0. The second-order valence-electron chi connectivity index (χ2n) is 7.04. The number of hydrogen-bond donors (Lipinski definition) is 2. The van der Waals surface area contributed by atoms with Crippen molar-refractivity contribution in [1.82, 2.24) is 9.97 Å². The van der Waals surface area contributed by atoms with E-state index in [1.165, 1.54) is 6.92 Å². The van der Waals surface area contributed by atoms with Gasteiger partial charge in [0.1, 0.15) is 17.3 Å². The lowest BCUT2D eigenvalue weighted by molar-refractivity contribution is -0.114. The Kier molecular flexibility index (Phi) is 5.69. The number of nitrogens with one attached hydrogen (secondary N) is 2. The molecule has 1 aromatic carbocycles. The summed E-state index contributed by atoms with van der Waals surface area (Å²) in [5.41, 5.74) is 1.67. The van der Waals surface area contributed by atoms with Crippen LogP contribution in [0.1, 0.15) is 43.0 Å². The van der Waals surface area contributed by atoms with Crippen LogP contribution >= 0.6 is 0 Å². The number of piperidine rings is 1. The molecule has 0 saturated carbocycles. The van der Waals surface area contributed by atoms with E-state index in [0.717, 1.165) is 37.7 Å². The first-order valence-electron chi connectivity index (χ1n) is 9.20. The molecule has 142 valence electrons. The molecular formula is C20H25N5O2. The van der Waals surface area contributed by atoms with E-state index in [-0.39, 0.29) is 11.8 Å². The van der Waals surface area contributed by atoms with Crippen LogP contribution in [0, 0.1) is 12.8 Å². The molecule has 2 N–H and O–H groups in total. The van der Waals surface area contributed by atoms with E-state index in [2.05, 4.69) is 32.4 Å². The van der Waals surface area contributed by atoms with E-state index in [9.17, 15) is 9.59 Å². The van der Waals surface area contributed by atoms with Crippen molar-refractivity contribution in [1.29, 1.82) is 0 Å². The number of benzene rings is 1. The minimum absolute atomic E-state index is 0.136. The lowest BCUT2D eigenvalue weighted by Gasteiger charge is -2.31. The van der Waals surface area contributed by atoms with Crippen LogP contribution in [-0.4, -0.2) is 34.9 Å². The second kappa shape index (κ2) is 8.16. The molecule has 0 radical (unpaired) electrons. The molecule has 1 aromatic heterocycles. The van der Waals surface area contributed by atoms with Crippen LogP contribution in [-0.2, 0) is 4.79 Å². The predicted octanol–water partition coefficient (Wildman–Crippen LogP) is 3.23. The van der Waals surface area contributed by atoms with E-state index >= 15 is 0 Å². The predicted molar refractivity (Wildman–Crippen MR) is 106 cm³/mol. The van der Waals surface area contributed by atoms with Crippen LogP contribution in [0.5, 0.6) is 0 Å². The van der Waals surface area contributed by atoms with E-state index in [1.807, 2.05) is 0 Å². The Labute approximate surface area is 159 Å². The van der Waals surface area contributed by atoms with Crippen molar-refractivity contribution in [3.05, 3.63) is 41.9 Å². The van der Waals surface area contributed by atoms with Crippen LogP contribution in [0.4, 0.5) is 17.2 Å². The highest BCUT2D eigenvalue weighted by atomic mass is 16.2. The van der Waals surface area contributed by atoms with Crippen LogP contribution in [0.2, 0.25) is 0 Å². The summed E-state index contributed by atoms with van der Waals surface area (Å²) in [7, 11) is 0. The van der Waals surface area contributed by atoms with Crippen molar-refractivity contribution in [3.63, 3.8) is 0 Å². The summed E-state index contributed by atoms with van der Waals surface area (Å²) in [5.74, 6) is 1.70. The monoisotopic (exact) mass is 367 g/mol. The van der Waals surface area contributed by atoms with Gasteiger partial charge < -0.3 is 15.5 Å². The molecule has 0 spiro atoms. The highest BCUT2D eigenvalue weighted by Gasteiger charge is 2.19. The van der Waals surface area contributed by atoms with Crippen molar-refractivity contribution < 1.29 is 9.59 Å². The van der Waals surface area contributed by atoms with Gasteiger partial charge in [-0.1, -0.05) is 6.92 Å². The minimum Gasteiger partial charge on any atom is -0.356 e. The van der Waals surface area contributed by atoms with Crippen LogP contribution < -0.4 is 15.5 Å². The number of nitrogens with zero attached hydrogens (tertiary/aromatic N) is 3. The topological polar surface area (TPSA) is 87.2 Å². The number of aryl methyl sites for hydroxylation is 1. The number of hydrogen-bond acceptors (Lipinski definition) is 5. The van der Waals surface area contributed by atoms with Crippen molar-refractivity contribution in [2.24, 2.45) is 5.92 Å². The number of carbonyl (C=O) groups is 2. The molecule has 3 rings (SSSR count). The van der Waals surface area contributed by atoms with Gasteiger partial charge in [0, 0.05) is 37.5 Å². The first-order valence-corrected chi connectivity index (χ1v) is 9.20. The quantitative estimate of drug-likeness (QED) is 0.866. The molecule has 0 aliphatic carbocycles. The first-order chi connectivity index (χ1) is 12.9. The van der Waals surface area contributed by atoms with Gasteiger partial charge in [-0.3, -0.25) is 9.59 Å². The zero-order valence-corrected chi connectivity index (χ0v) is 16.0. The zero-order chi connectivity index (χ0) is 19.4. The standard InChI is InChI=1S/C20H25N5O2/c1-13-8-10-25(11-9-13)19-12-18(21-14(2)22-19)20(27)24-17-6-4-16(5-7-17)23-15(3)26/h4-7,12-13H,8-11H2,1-3H3,(H,23,26)(H,24,27). The maximum atomic E-state index is 12.6. The highest BCUT2D eigenvalue weighted by molar-refractivity contribution is 6.03. The van der Waals surface area contributed by atoms with Gasteiger partial charge in [0.15, 0.2) is 0 Å². The van der Waals surface area contributed by atoms with E-state index in [1.54, 1.807) is 37.3 Å². The van der Waals surface area contributed by atoms with Gasteiger partial charge in [-0.25, -0.2) is 9.97 Å². The Bertz CT molecular complexity index is 827. The smallest absolute Gasteiger partial charge is 0.274 e. The van der Waals surface area contributed by atoms with Crippen LogP contribution in [0.15, 0.2) is 30.3 Å². The molecule has 2 aromatic rings. The number of carbonyl (C=O) groups excluding carboxylic acids is 2. The molecule has 1 aliphatic rings. The maximum Gasteiger partial charge on any atom is 0.274 e. The fourth-order valence-electron chi connectivity index (χ4n) is 3.10. The van der Waals surface area contributed by atoms with Crippen molar-refractivity contribution in [2.75, 3.05) is 28.6 Å². The third-order valence-electron chi connectivity index (χ3n) is 4.63. The number of amides is 2. The fourth-order valence-corrected chi connectivity index (χ4v) is 3.10. The minimum atomic E-state index is -0.278. The average molecular weight is 367 g/mol. The SMILES string of the molecule is CC(=O)Nc1ccc(NC(=O)c2cc(N3CCC(C)CC3)nc(C)n2)cc1. The molecule has 0 unspecified atom stereocenters. The van der Waals surface area contributed by atoms with Crippen molar-refractivity contribution >= 4 is 29.0 Å². The Balaban J connectivity index is 1.71. The molecule has 2 heterocycles. The summed E-state index contributed by atoms with van der Waals surface area (Å²) in [6.45, 7) is 7.41. The summed E-state index contributed by atoms with van der Waals surface area (Å²) in [5, 5.41) is 5.54. The van der Waals surface area contributed by atoms with Crippen molar-refractivity contribution in [3.8, 4) is 0 Å². The van der Waals surface area contributed by atoms with Crippen LogP contribution in [0.25, 0.3) is 0 Å².